The monoisotopic (exact) mass is 274 g/mol. The Balaban J connectivity index is 2.93. The quantitative estimate of drug-likeness (QED) is 0.546. The molecule has 0 amide bonds. The molecule has 18 heavy (non-hydrogen) atoms. The number of aryl methyl sites for hydroxylation is 1. The van der Waals surface area contributed by atoms with Crippen LogP contribution in [0.1, 0.15) is 12.5 Å². The molecule has 0 aliphatic carbocycles. The van der Waals surface area contributed by atoms with Crippen molar-refractivity contribution in [1.29, 1.82) is 0 Å². The molecule has 1 aromatic carbocycles. The number of nitrogen functional groups attached to an aromatic ring is 1. The van der Waals surface area contributed by atoms with Crippen LogP contribution in [0.2, 0.25) is 0 Å². The lowest BCUT2D eigenvalue weighted by Gasteiger charge is -2.20. The van der Waals surface area contributed by atoms with Crippen molar-refractivity contribution in [2.45, 2.75) is 24.3 Å². The van der Waals surface area contributed by atoms with Crippen molar-refractivity contribution in [3.8, 4) is 0 Å². The van der Waals surface area contributed by atoms with Gasteiger partial charge >= 0.3 is 0 Å². The lowest BCUT2D eigenvalue weighted by Crippen LogP contribution is -2.43. The Bertz CT molecular complexity index is 506. The second-order valence-electron chi connectivity index (χ2n) is 4.56. The van der Waals surface area contributed by atoms with Crippen molar-refractivity contribution in [1.82, 2.24) is 4.72 Å². The van der Waals surface area contributed by atoms with E-state index in [4.69, 9.17) is 10.8 Å². The molecule has 0 aliphatic rings. The molecular weight excluding hydrogens is 256 g/mol. The highest BCUT2D eigenvalue weighted by Crippen LogP contribution is 2.16. The molecule has 0 heterocycles. The van der Waals surface area contributed by atoms with Gasteiger partial charge in [0.15, 0.2) is 0 Å². The average Bonchev–Trinajstić information content (AvgIpc) is 2.25. The first-order valence-corrected chi connectivity index (χ1v) is 6.85. The Labute approximate surface area is 106 Å². The SMILES string of the molecule is Cc1cc(N)cc(S(=O)(=O)NCC(C)(O)CO)c1. The average molecular weight is 274 g/mol. The summed E-state index contributed by atoms with van der Waals surface area (Å²) in [5.41, 5.74) is 5.16. The topological polar surface area (TPSA) is 113 Å². The van der Waals surface area contributed by atoms with E-state index >= 15 is 0 Å². The van der Waals surface area contributed by atoms with Crippen molar-refractivity contribution in [3.05, 3.63) is 23.8 Å². The summed E-state index contributed by atoms with van der Waals surface area (Å²) in [4.78, 5) is 0.0359. The molecule has 1 unspecified atom stereocenters. The largest absolute Gasteiger partial charge is 0.399 e. The number of nitrogens with two attached hydrogens (primary N) is 1. The maximum atomic E-state index is 11.9. The summed E-state index contributed by atoms with van der Waals surface area (Å²) in [6, 6.07) is 4.47. The third kappa shape index (κ3) is 3.95. The van der Waals surface area contributed by atoms with Crippen molar-refractivity contribution in [2.24, 2.45) is 0 Å². The number of sulfonamides is 1. The predicted octanol–water partition coefficient (Wildman–Crippen LogP) is -0.401. The molecule has 5 N–H and O–H groups in total. The first-order valence-electron chi connectivity index (χ1n) is 5.36. The lowest BCUT2D eigenvalue weighted by molar-refractivity contribution is 0.00681. The van der Waals surface area contributed by atoms with Gasteiger partial charge in [-0.25, -0.2) is 13.1 Å². The third-order valence-electron chi connectivity index (χ3n) is 2.37. The fraction of sp³-hybridized carbons (Fsp3) is 0.455. The molecule has 0 spiro atoms. The molecule has 0 aliphatic heterocycles. The number of aliphatic hydroxyl groups is 2. The number of hydrogen-bond acceptors (Lipinski definition) is 5. The summed E-state index contributed by atoms with van der Waals surface area (Å²) in [5, 5.41) is 18.4. The van der Waals surface area contributed by atoms with E-state index in [1.807, 2.05) is 0 Å². The number of anilines is 1. The van der Waals surface area contributed by atoms with Gasteiger partial charge in [-0.1, -0.05) is 0 Å². The number of hydrogen-bond donors (Lipinski definition) is 4. The standard InChI is InChI=1S/C11H18N2O4S/c1-8-3-9(12)5-10(4-8)18(16,17)13-6-11(2,15)7-14/h3-5,13-15H,6-7,12H2,1-2H3. The molecule has 0 saturated carbocycles. The van der Waals surface area contributed by atoms with Gasteiger partial charge in [-0.15, -0.1) is 0 Å². The minimum atomic E-state index is -3.75. The first kappa shape index (κ1) is 14.9. The summed E-state index contributed by atoms with van der Waals surface area (Å²) in [5.74, 6) is 0. The normalized spacial score (nSPS) is 15.3. The second kappa shape index (κ2) is 5.23. The van der Waals surface area contributed by atoms with Crippen LogP contribution in [0, 0.1) is 6.92 Å². The number of nitrogens with one attached hydrogen (secondary N) is 1. The molecule has 1 atom stereocenters. The van der Waals surface area contributed by atoms with Gasteiger partial charge in [0.2, 0.25) is 10.0 Å². The van der Waals surface area contributed by atoms with Crippen LogP contribution in [0.3, 0.4) is 0 Å². The molecule has 1 rings (SSSR count). The van der Waals surface area contributed by atoms with Crippen molar-refractivity contribution in [3.63, 3.8) is 0 Å². The van der Waals surface area contributed by atoms with E-state index < -0.39 is 22.2 Å². The van der Waals surface area contributed by atoms with E-state index in [2.05, 4.69) is 4.72 Å². The van der Waals surface area contributed by atoms with Crippen LogP contribution in [0.15, 0.2) is 23.1 Å². The van der Waals surface area contributed by atoms with E-state index in [-0.39, 0.29) is 11.4 Å². The zero-order valence-corrected chi connectivity index (χ0v) is 11.2. The zero-order valence-electron chi connectivity index (χ0n) is 10.3. The Morgan fingerprint density at radius 1 is 1.39 bits per heavy atom. The Morgan fingerprint density at radius 3 is 2.50 bits per heavy atom. The minimum absolute atomic E-state index is 0.0359. The Morgan fingerprint density at radius 2 is 2.00 bits per heavy atom. The molecule has 6 nitrogen and oxygen atoms in total. The Kier molecular flexibility index (Phi) is 4.33. The van der Waals surface area contributed by atoms with Crippen LogP contribution >= 0.6 is 0 Å². The molecule has 0 aromatic heterocycles. The highest BCUT2D eigenvalue weighted by Gasteiger charge is 2.23. The van der Waals surface area contributed by atoms with Crippen molar-refractivity contribution < 1.29 is 18.6 Å². The van der Waals surface area contributed by atoms with Crippen LogP contribution in [0.5, 0.6) is 0 Å². The number of rotatable bonds is 5. The first-order chi connectivity index (χ1) is 8.16. The fourth-order valence-corrected chi connectivity index (χ4v) is 2.62. The lowest BCUT2D eigenvalue weighted by atomic mass is 10.1. The van der Waals surface area contributed by atoms with Gasteiger partial charge in [0.05, 0.1) is 17.1 Å². The molecule has 0 saturated heterocycles. The third-order valence-corrected chi connectivity index (χ3v) is 3.75. The van der Waals surface area contributed by atoms with Crippen molar-refractivity contribution >= 4 is 15.7 Å². The molecule has 0 bridgehead atoms. The maximum absolute atomic E-state index is 11.9. The van der Waals surface area contributed by atoms with Gasteiger partial charge in [0.1, 0.15) is 0 Å². The summed E-state index contributed by atoms with van der Waals surface area (Å²) >= 11 is 0. The molecule has 102 valence electrons. The van der Waals surface area contributed by atoms with Gasteiger partial charge in [-0.05, 0) is 37.6 Å². The van der Waals surface area contributed by atoms with Gasteiger partial charge in [-0.2, -0.15) is 0 Å². The molecule has 0 fully saturated rings. The van der Waals surface area contributed by atoms with Crippen LogP contribution in [0.4, 0.5) is 5.69 Å². The molecule has 1 aromatic rings. The molecule has 7 heteroatoms. The van der Waals surface area contributed by atoms with E-state index in [9.17, 15) is 13.5 Å². The van der Waals surface area contributed by atoms with Crippen molar-refractivity contribution in [2.75, 3.05) is 18.9 Å². The number of benzene rings is 1. The van der Waals surface area contributed by atoms with Gasteiger partial charge in [0, 0.05) is 12.2 Å². The fourth-order valence-electron chi connectivity index (χ4n) is 1.32. The highest BCUT2D eigenvalue weighted by molar-refractivity contribution is 7.89. The maximum Gasteiger partial charge on any atom is 0.240 e. The molecular formula is C11H18N2O4S. The predicted molar refractivity (Wildman–Crippen MR) is 68.5 cm³/mol. The molecule has 0 radical (unpaired) electrons. The summed E-state index contributed by atoms with van der Waals surface area (Å²) in [6.07, 6.45) is 0. The van der Waals surface area contributed by atoms with Gasteiger partial charge in [0.25, 0.3) is 0 Å². The van der Waals surface area contributed by atoms with Crippen LogP contribution in [-0.2, 0) is 10.0 Å². The van der Waals surface area contributed by atoms with E-state index in [0.29, 0.717) is 5.69 Å². The van der Waals surface area contributed by atoms with E-state index in [1.165, 1.54) is 19.1 Å². The summed E-state index contributed by atoms with van der Waals surface area (Å²) in [7, 11) is -3.75. The van der Waals surface area contributed by atoms with Crippen LogP contribution in [-0.4, -0.2) is 37.4 Å². The Hall–Kier alpha value is -1.15. The van der Waals surface area contributed by atoms with Crippen LogP contribution < -0.4 is 10.5 Å². The smallest absolute Gasteiger partial charge is 0.240 e. The highest BCUT2D eigenvalue weighted by atomic mass is 32.2. The van der Waals surface area contributed by atoms with E-state index in [0.717, 1.165) is 5.56 Å². The second-order valence-corrected chi connectivity index (χ2v) is 6.33. The summed E-state index contributed by atoms with van der Waals surface area (Å²) < 4.78 is 26.1. The minimum Gasteiger partial charge on any atom is -0.399 e. The summed E-state index contributed by atoms with van der Waals surface area (Å²) in [6.45, 7) is 2.25. The van der Waals surface area contributed by atoms with E-state index in [1.54, 1.807) is 13.0 Å². The van der Waals surface area contributed by atoms with Crippen LogP contribution in [0.25, 0.3) is 0 Å². The van der Waals surface area contributed by atoms with Gasteiger partial charge < -0.3 is 15.9 Å². The zero-order chi connectivity index (χ0) is 14.0. The number of aliphatic hydroxyl groups excluding tert-OH is 1. The van der Waals surface area contributed by atoms with Gasteiger partial charge in [-0.3, -0.25) is 0 Å².